The number of aliphatic hydroxyl groups is 2. The summed E-state index contributed by atoms with van der Waals surface area (Å²) in [6, 6.07) is 0. The molecule has 0 radical (unpaired) electrons. The summed E-state index contributed by atoms with van der Waals surface area (Å²) in [4.78, 5) is 2.30. The minimum atomic E-state index is -0.651. The topological polar surface area (TPSA) is 55.7 Å². The van der Waals surface area contributed by atoms with Crippen LogP contribution >= 0.6 is 0 Å². The highest BCUT2D eigenvalue weighted by Crippen LogP contribution is 2.10. The van der Waals surface area contributed by atoms with E-state index in [1.807, 2.05) is 6.92 Å². The van der Waals surface area contributed by atoms with E-state index in [4.69, 9.17) is 0 Å². The molecule has 0 saturated carbocycles. The van der Waals surface area contributed by atoms with Crippen molar-refractivity contribution in [3.63, 3.8) is 0 Å². The molecule has 1 aliphatic rings. The van der Waals surface area contributed by atoms with Gasteiger partial charge in [0.05, 0.1) is 11.7 Å². The molecule has 2 atom stereocenters. The van der Waals surface area contributed by atoms with Gasteiger partial charge in [0.1, 0.15) is 0 Å². The third-order valence-corrected chi connectivity index (χ3v) is 3.34. The summed E-state index contributed by atoms with van der Waals surface area (Å²) in [5.74, 6) is 0. The first kappa shape index (κ1) is 14.9. The van der Waals surface area contributed by atoms with E-state index in [-0.39, 0.29) is 6.10 Å². The average molecular weight is 244 g/mol. The zero-order valence-electron chi connectivity index (χ0n) is 11.3. The highest BCUT2D eigenvalue weighted by atomic mass is 16.3. The van der Waals surface area contributed by atoms with Crippen molar-refractivity contribution in [1.82, 2.24) is 10.2 Å². The molecular formula is C13H28N2O2. The van der Waals surface area contributed by atoms with Crippen LogP contribution in [0.4, 0.5) is 0 Å². The van der Waals surface area contributed by atoms with Crippen molar-refractivity contribution < 1.29 is 10.2 Å². The van der Waals surface area contributed by atoms with E-state index in [9.17, 15) is 10.2 Å². The predicted molar refractivity (Wildman–Crippen MR) is 70.1 cm³/mol. The summed E-state index contributed by atoms with van der Waals surface area (Å²) in [5, 5.41) is 23.0. The average Bonchev–Trinajstić information content (AvgIpc) is 2.69. The van der Waals surface area contributed by atoms with Crippen molar-refractivity contribution >= 4 is 0 Å². The molecule has 3 N–H and O–H groups in total. The van der Waals surface area contributed by atoms with Crippen LogP contribution in [0.15, 0.2) is 0 Å². The number of β-amino-alcohol motifs (C(OH)–C–C–N with tert-alkyl or cyclic N) is 1. The lowest BCUT2D eigenvalue weighted by molar-refractivity contribution is 0.0443. The monoisotopic (exact) mass is 244 g/mol. The SMILES string of the molecule is CCCC(C)(O)CNCC(O)CN1CCCC1. The van der Waals surface area contributed by atoms with Crippen molar-refractivity contribution in [2.45, 2.75) is 51.2 Å². The molecule has 102 valence electrons. The Morgan fingerprint density at radius 3 is 2.59 bits per heavy atom. The van der Waals surface area contributed by atoms with Crippen molar-refractivity contribution in [3.05, 3.63) is 0 Å². The summed E-state index contributed by atoms with van der Waals surface area (Å²) in [6.07, 6.45) is 3.95. The molecule has 0 aromatic carbocycles. The molecule has 4 heteroatoms. The molecule has 0 bridgehead atoms. The molecule has 1 saturated heterocycles. The van der Waals surface area contributed by atoms with Crippen LogP contribution in [0, 0.1) is 0 Å². The van der Waals surface area contributed by atoms with E-state index >= 15 is 0 Å². The second-order valence-electron chi connectivity index (χ2n) is 5.54. The number of rotatable bonds is 8. The van der Waals surface area contributed by atoms with Gasteiger partial charge in [-0.3, -0.25) is 0 Å². The van der Waals surface area contributed by atoms with Crippen LogP contribution in [0.25, 0.3) is 0 Å². The second kappa shape index (κ2) is 7.31. The first-order valence-corrected chi connectivity index (χ1v) is 6.87. The summed E-state index contributed by atoms with van der Waals surface area (Å²) in [6.45, 7) is 8.01. The zero-order chi connectivity index (χ0) is 12.7. The van der Waals surface area contributed by atoms with E-state index in [1.54, 1.807) is 0 Å². The number of aliphatic hydroxyl groups excluding tert-OH is 1. The normalized spacial score (nSPS) is 22.6. The summed E-state index contributed by atoms with van der Waals surface area (Å²) in [7, 11) is 0. The molecule has 0 spiro atoms. The molecule has 1 fully saturated rings. The van der Waals surface area contributed by atoms with E-state index in [1.165, 1.54) is 12.8 Å². The highest BCUT2D eigenvalue weighted by Gasteiger charge is 2.20. The number of hydrogen-bond donors (Lipinski definition) is 3. The molecule has 17 heavy (non-hydrogen) atoms. The molecular weight excluding hydrogens is 216 g/mol. The van der Waals surface area contributed by atoms with Crippen molar-refractivity contribution in [2.24, 2.45) is 0 Å². The quantitative estimate of drug-likeness (QED) is 0.585. The lowest BCUT2D eigenvalue weighted by Crippen LogP contribution is -2.43. The van der Waals surface area contributed by atoms with Crippen LogP contribution in [-0.4, -0.2) is 59.5 Å². The number of likely N-dealkylation sites (tertiary alicyclic amines) is 1. The van der Waals surface area contributed by atoms with Gasteiger partial charge >= 0.3 is 0 Å². The Morgan fingerprint density at radius 2 is 2.00 bits per heavy atom. The Kier molecular flexibility index (Phi) is 6.41. The molecule has 1 aliphatic heterocycles. The van der Waals surface area contributed by atoms with Gasteiger partial charge in [0.15, 0.2) is 0 Å². The predicted octanol–water partition coefficient (Wildman–Crippen LogP) is 0.584. The van der Waals surface area contributed by atoms with Crippen molar-refractivity contribution in [1.29, 1.82) is 0 Å². The van der Waals surface area contributed by atoms with Gasteiger partial charge in [-0.2, -0.15) is 0 Å². The third kappa shape index (κ3) is 6.36. The lowest BCUT2D eigenvalue weighted by Gasteiger charge is -2.25. The summed E-state index contributed by atoms with van der Waals surface area (Å²) >= 11 is 0. The minimum absolute atomic E-state index is 0.328. The Hall–Kier alpha value is -0.160. The van der Waals surface area contributed by atoms with Gasteiger partial charge in [0.2, 0.25) is 0 Å². The maximum atomic E-state index is 9.96. The first-order valence-electron chi connectivity index (χ1n) is 6.87. The van der Waals surface area contributed by atoms with E-state index in [0.29, 0.717) is 13.1 Å². The summed E-state index contributed by atoms with van der Waals surface area (Å²) < 4.78 is 0. The van der Waals surface area contributed by atoms with E-state index in [2.05, 4.69) is 17.1 Å². The molecule has 1 rings (SSSR count). The zero-order valence-corrected chi connectivity index (χ0v) is 11.3. The number of nitrogens with one attached hydrogen (secondary N) is 1. The maximum absolute atomic E-state index is 9.96. The van der Waals surface area contributed by atoms with Crippen LogP contribution in [0.2, 0.25) is 0 Å². The van der Waals surface area contributed by atoms with Crippen LogP contribution in [0.5, 0.6) is 0 Å². The van der Waals surface area contributed by atoms with Gasteiger partial charge in [-0.15, -0.1) is 0 Å². The molecule has 0 aliphatic carbocycles. The fraction of sp³-hybridized carbons (Fsp3) is 1.00. The largest absolute Gasteiger partial charge is 0.390 e. The lowest BCUT2D eigenvalue weighted by atomic mass is 10.0. The molecule has 0 aromatic heterocycles. The van der Waals surface area contributed by atoms with Crippen LogP contribution in [-0.2, 0) is 0 Å². The standard InChI is InChI=1S/C13H28N2O2/c1-3-6-13(2,17)11-14-9-12(16)10-15-7-4-5-8-15/h12,14,16-17H,3-11H2,1-2H3. The van der Waals surface area contributed by atoms with Crippen molar-refractivity contribution in [2.75, 3.05) is 32.7 Å². The maximum Gasteiger partial charge on any atom is 0.0791 e. The van der Waals surface area contributed by atoms with Gasteiger partial charge in [-0.05, 0) is 39.3 Å². The number of hydrogen-bond acceptors (Lipinski definition) is 4. The molecule has 0 aromatic rings. The minimum Gasteiger partial charge on any atom is -0.390 e. The molecule has 4 nitrogen and oxygen atoms in total. The van der Waals surface area contributed by atoms with Gasteiger partial charge in [-0.1, -0.05) is 13.3 Å². The van der Waals surface area contributed by atoms with Gasteiger partial charge in [0.25, 0.3) is 0 Å². The molecule has 0 amide bonds. The van der Waals surface area contributed by atoms with Crippen LogP contribution < -0.4 is 5.32 Å². The first-order chi connectivity index (χ1) is 8.03. The fourth-order valence-electron chi connectivity index (χ4n) is 2.46. The number of nitrogens with zero attached hydrogens (tertiary/aromatic N) is 1. The molecule has 2 unspecified atom stereocenters. The van der Waals surface area contributed by atoms with E-state index in [0.717, 1.165) is 32.5 Å². The smallest absolute Gasteiger partial charge is 0.0791 e. The van der Waals surface area contributed by atoms with Gasteiger partial charge in [-0.25, -0.2) is 0 Å². The van der Waals surface area contributed by atoms with E-state index < -0.39 is 5.60 Å². The third-order valence-electron chi connectivity index (χ3n) is 3.34. The van der Waals surface area contributed by atoms with Gasteiger partial charge < -0.3 is 20.4 Å². The Balaban J connectivity index is 2.08. The molecule has 1 heterocycles. The Bertz CT molecular complexity index is 204. The second-order valence-corrected chi connectivity index (χ2v) is 5.54. The summed E-state index contributed by atoms with van der Waals surface area (Å²) in [5.41, 5.74) is -0.651. The van der Waals surface area contributed by atoms with Crippen molar-refractivity contribution in [3.8, 4) is 0 Å². The Labute approximate surface area is 105 Å². The Morgan fingerprint density at radius 1 is 1.35 bits per heavy atom. The fourth-order valence-corrected chi connectivity index (χ4v) is 2.46. The van der Waals surface area contributed by atoms with Crippen LogP contribution in [0.1, 0.15) is 39.5 Å². The van der Waals surface area contributed by atoms with Gasteiger partial charge in [0, 0.05) is 19.6 Å². The highest BCUT2D eigenvalue weighted by molar-refractivity contribution is 4.77. The van der Waals surface area contributed by atoms with Crippen LogP contribution in [0.3, 0.4) is 0 Å².